The van der Waals surface area contributed by atoms with Crippen molar-refractivity contribution in [3.05, 3.63) is 12.0 Å². The normalized spacial score (nSPS) is 10.4. The third-order valence-corrected chi connectivity index (χ3v) is 2.37. The summed E-state index contributed by atoms with van der Waals surface area (Å²) < 4.78 is 0. The molecule has 0 atom stereocenters. The zero-order valence-corrected chi connectivity index (χ0v) is 7.32. The van der Waals surface area contributed by atoms with Gasteiger partial charge in [-0.1, -0.05) is 6.92 Å². The van der Waals surface area contributed by atoms with Gasteiger partial charge in [-0.15, -0.1) is 11.8 Å². The van der Waals surface area contributed by atoms with E-state index in [0.717, 1.165) is 22.9 Å². The van der Waals surface area contributed by atoms with Crippen molar-refractivity contribution in [3.8, 4) is 0 Å². The molecular weight excluding hydrogens is 160 g/mol. The predicted molar refractivity (Wildman–Crippen MR) is 45.8 cm³/mol. The number of imidazole rings is 1. The first-order chi connectivity index (χ1) is 5.38. The third kappa shape index (κ3) is 2.24. The number of nitrogens with one attached hydrogen (secondary N) is 1. The number of hydrogen-bond donors (Lipinski definition) is 2. The smallest absolute Gasteiger partial charge is 0.117 e. The molecule has 0 radical (unpaired) electrons. The van der Waals surface area contributed by atoms with Crippen molar-refractivity contribution >= 4 is 11.8 Å². The molecule has 0 saturated carbocycles. The highest BCUT2D eigenvalue weighted by molar-refractivity contribution is 7.99. The SMILES string of the molecule is CCc1[nH]cnc1SCCO. The first-order valence-corrected chi connectivity index (χ1v) is 4.63. The molecule has 2 N–H and O–H groups in total. The number of aromatic nitrogens is 2. The Morgan fingerprint density at radius 1 is 1.73 bits per heavy atom. The molecule has 0 spiro atoms. The fourth-order valence-corrected chi connectivity index (χ4v) is 1.62. The molecule has 0 aliphatic rings. The van der Waals surface area contributed by atoms with E-state index in [1.54, 1.807) is 18.1 Å². The maximum absolute atomic E-state index is 8.57. The maximum atomic E-state index is 8.57. The van der Waals surface area contributed by atoms with E-state index in [1.165, 1.54) is 0 Å². The van der Waals surface area contributed by atoms with Gasteiger partial charge in [-0.3, -0.25) is 0 Å². The quantitative estimate of drug-likeness (QED) is 0.667. The number of aliphatic hydroxyl groups excluding tert-OH is 1. The van der Waals surface area contributed by atoms with Crippen LogP contribution in [0.15, 0.2) is 11.4 Å². The van der Waals surface area contributed by atoms with Gasteiger partial charge in [0.15, 0.2) is 0 Å². The van der Waals surface area contributed by atoms with Crippen molar-refractivity contribution < 1.29 is 5.11 Å². The van der Waals surface area contributed by atoms with E-state index in [9.17, 15) is 0 Å². The van der Waals surface area contributed by atoms with Crippen LogP contribution in [0.1, 0.15) is 12.6 Å². The Hall–Kier alpha value is -0.480. The van der Waals surface area contributed by atoms with E-state index in [0.29, 0.717) is 0 Å². The van der Waals surface area contributed by atoms with Crippen molar-refractivity contribution in [2.45, 2.75) is 18.4 Å². The first-order valence-electron chi connectivity index (χ1n) is 3.64. The van der Waals surface area contributed by atoms with Crippen LogP contribution in [0.5, 0.6) is 0 Å². The van der Waals surface area contributed by atoms with Crippen molar-refractivity contribution in [2.24, 2.45) is 0 Å². The van der Waals surface area contributed by atoms with E-state index in [-0.39, 0.29) is 6.61 Å². The molecule has 0 aromatic carbocycles. The number of hydrogen-bond acceptors (Lipinski definition) is 3. The molecule has 3 nitrogen and oxygen atoms in total. The number of thioether (sulfide) groups is 1. The highest BCUT2D eigenvalue weighted by atomic mass is 32.2. The summed E-state index contributed by atoms with van der Waals surface area (Å²) in [5.74, 6) is 0.720. The monoisotopic (exact) mass is 172 g/mol. The Morgan fingerprint density at radius 3 is 3.18 bits per heavy atom. The van der Waals surface area contributed by atoms with Crippen LogP contribution in [0.4, 0.5) is 0 Å². The lowest BCUT2D eigenvalue weighted by molar-refractivity contribution is 0.322. The van der Waals surface area contributed by atoms with Crippen LogP contribution in [-0.2, 0) is 6.42 Å². The van der Waals surface area contributed by atoms with Gasteiger partial charge in [0.2, 0.25) is 0 Å². The summed E-state index contributed by atoms with van der Waals surface area (Å²) in [6.45, 7) is 2.29. The Labute approximate surface area is 70.2 Å². The summed E-state index contributed by atoms with van der Waals surface area (Å²) in [6, 6.07) is 0. The van der Waals surface area contributed by atoms with Crippen LogP contribution >= 0.6 is 11.8 Å². The summed E-state index contributed by atoms with van der Waals surface area (Å²) in [4.78, 5) is 7.17. The van der Waals surface area contributed by atoms with Crippen LogP contribution < -0.4 is 0 Å². The van der Waals surface area contributed by atoms with Gasteiger partial charge in [0, 0.05) is 11.4 Å². The van der Waals surface area contributed by atoms with Gasteiger partial charge in [-0.05, 0) is 6.42 Å². The summed E-state index contributed by atoms with van der Waals surface area (Å²) in [7, 11) is 0. The average Bonchev–Trinajstić information content (AvgIpc) is 2.47. The van der Waals surface area contributed by atoms with E-state index in [2.05, 4.69) is 16.9 Å². The zero-order valence-electron chi connectivity index (χ0n) is 6.50. The van der Waals surface area contributed by atoms with Crippen molar-refractivity contribution in [1.82, 2.24) is 9.97 Å². The van der Waals surface area contributed by atoms with Gasteiger partial charge in [0.1, 0.15) is 5.03 Å². The first kappa shape index (κ1) is 8.62. The number of rotatable bonds is 4. The molecule has 0 amide bonds. The fourth-order valence-electron chi connectivity index (χ4n) is 0.828. The molecule has 0 aliphatic heterocycles. The lowest BCUT2D eigenvalue weighted by Gasteiger charge is -1.96. The molecule has 1 aromatic rings. The van der Waals surface area contributed by atoms with Crippen LogP contribution in [0, 0.1) is 0 Å². The van der Waals surface area contributed by atoms with E-state index < -0.39 is 0 Å². The Kier molecular flexibility index (Phi) is 3.45. The van der Waals surface area contributed by atoms with Crippen molar-refractivity contribution in [2.75, 3.05) is 12.4 Å². The van der Waals surface area contributed by atoms with Gasteiger partial charge in [-0.2, -0.15) is 0 Å². The van der Waals surface area contributed by atoms with Crippen molar-refractivity contribution in [1.29, 1.82) is 0 Å². The minimum absolute atomic E-state index is 0.209. The number of aryl methyl sites for hydroxylation is 1. The molecule has 4 heteroatoms. The van der Waals surface area contributed by atoms with Crippen LogP contribution in [0.2, 0.25) is 0 Å². The van der Waals surface area contributed by atoms with E-state index in [4.69, 9.17) is 5.11 Å². The predicted octanol–water partition coefficient (Wildman–Crippen LogP) is 1.06. The van der Waals surface area contributed by atoms with Crippen LogP contribution in [0.25, 0.3) is 0 Å². The van der Waals surface area contributed by atoms with Crippen molar-refractivity contribution in [3.63, 3.8) is 0 Å². The van der Waals surface area contributed by atoms with Gasteiger partial charge < -0.3 is 10.1 Å². The lowest BCUT2D eigenvalue weighted by Crippen LogP contribution is -1.88. The number of aliphatic hydroxyl groups is 1. The van der Waals surface area contributed by atoms with Gasteiger partial charge in [0.25, 0.3) is 0 Å². The molecule has 0 unspecified atom stereocenters. The molecular formula is C7H12N2OS. The van der Waals surface area contributed by atoms with E-state index >= 15 is 0 Å². The number of aromatic amines is 1. The lowest BCUT2D eigenvalue weighted by atomic mass is 10.4. The second-order valence-corrected chi connectivity index (χ2v) is 3.20. The fraction of sp³-hybridized carbons (Fsp3) is 0.571. The number of H-pyrrole nitrogens is 1. The largest absolute Gasteiger partial charge is 0.396 e. The molecule has 0 fully saturated rings. The standard InChI is InChI=1S/C7H12N2OS/c1-2-6-7(9-5-8-6)11-4-3-10/h5,10H,2-4H2,1H3,(H,8,9). The average molecular weight is 172 g/mol. The third-order valence-electron chi connectivity index (χ3n) is 1.36. The van der Waals surface area contributed by atoms with E-state index in [1.807, 2.05) is 0 Å². The molecule has 1 heterocycles. The van der Waals surface area contributed by atoms with Gasteiger partial charge in [0.05, 0.1) is 12.9 Å². The minimum atomic E-state index is 0.209. The highest BCUT2D eigenvalue weighted by Crippen LogP contribution is 2.18. The summed E-state index contributed by atoms with van der Waals surface area (Å²) >= 11 is 1.59. The zero-order chi connectivity index (χ0) is 8.10. The molecule has 0 aliphatic carbocycles. The topological polar surface area (TPSA) is 48.9 Å². The Morgan fingerprint density at radius 2 is 2.55 bits per heavy atom. The molecule has 11 heavy (non-hydrogen) atoms. The van der Waals surface area contributed by atoms with Gasteiger partial charge >= 0.3 is 0 Å². The molecule has 62 valence electrons. The van der Waals surface area contributed by atoms with Crippen LogP contribution in [0.3, 0.4) is 0 Å². The summed E-state index contributed by atoms with van der Waals surface area (Å²) in [6.07, 6.45) is 2.66. The summed E-state index contributed by atoms with van der Waals surface area (Å²) in [5, 5.41) is 9.59. The molecule has 1 aromatic heterocycles. The second kappa shape index (κ2) is 4.41. The second-order valence-electron chi connectivity index (χ2n) is 2.11. The maximum Gasteiger partial charge on any atom is 0.117 e. The number of nitrogens with zero attached hydrogens (tertiary/aromatic N) is 1. The Bertz CT molecular complexity index is 212. The molecule has 0 bridgehead atoms. The van der Waals surface area contributed by atoms with Crippen LogP contribution in [-0.4, -0.2) is 27.4 Å². The Balaban J connectivity index is 2.54. The summed E-state index contributed by atoms with van der Waals surface area (Å²) in [5.41, 5.74) is 1.16. The molecule has 0 saturated heterocycles. The minimum Gasteiger partial charge on any atom is -0.396 e. The van der Waals surface area contributed by atoms with Gasteiger partial charge in [-0.25, -0.2) is 4.98 Å². The highest BCUT2D eigenvalue weighted by Gasteiger charge is 2.02. The molecule has 1 rings (SSSR count).